The smallest absolute Gasteiger partial charge is 0.351 e. The number of hydrogen-bond donors (Lipinski definition) is 2. The van der Waals surface area contributed by atoms with Crippen LogP contribution in [0.4, 0.5) is 18.9 Å². The molecule has 0 atom stereocenters. The second-order valence-corrected chi connectivity index (χ2v) is 7.78. The van der Waals surface area contributed by atoms with E-state index >= 15 is 0 Å². The molecule has 1 aliphatic heterocycles. The Kier molecular flexibility index (Phi) is 8.16. The minimum atomic E-state index is -4.72. The van der Waals surface area contributed by atoms with Crippen molar-refractivity contribution >= 4 is 23.0 Å². The summed E-state index contributed by atoms with van der Waals surface area (Å²) in [4.78, 5) is 19.1. The van der Waals surface area contributed by atoms with E-state index in [1.165, 1.54) is 19.3 Å². The van der Waals surface area contributed by atoms with E-state index in [2.05, 4.69) is 15.2 Å². The standard InChI is InChI=1S/C24H27F3N4O/c25-24(26,27)22(28)17-21(30-20-7-3-1-4-8-20)18-9-11-19(12-10-18)23(32)29-13-16-31-14-5-2-6-15-31/h1,3-4,7-12,28H,2,5-6,13-17H2,(H,29,32). The first-order valence-electron chi connectivity index (χ1n) is 10.7. The zero-order valence-corrected chi connectivity index (χ0v) is 17.8. The van der Waals surface area contributed by atoms with Gasteiger partial charge < -0.3 is 15.6 Å². The van der Waals surface area contributed by atoms with Crippen LogP contribution in [-0.4, -0.2) is 54.6 Å². The van der Waals surface area contributed by atoms with Crippen molar-refractivity contribution < 1.29 is 18.0 Å². The number of nitrogens with zero attached hydrogens (tertiary/aromatic N) is 2. The summed E-state index contributed by atoms with van der Waals surface area (Å²) in [7, 11) is 0. The Bertz CT molecular complexity index is 934. The van der Waals surface area contributed by atoms with E-state index in [-0.39, 0.29) is 11.6 Å². The molecule has 1 heterocycles. The lowest BCUT2D eigenvalue weighted by Crippen LogP contribution is -2.37. The molecule has 0 radical (unpaired) electrons. The molecule has 1 aliphatic rings. The molecule has 2 aromatic carbocycles. The zero-order chi connectivity index (χ0) is 23.0. The summed E-state index contributed by atoms with van der Waals surface area (Å²) in [5, 5.41) is 10.3. The van der Waals surface area contributed by atoms with Crippen LogP contribution in [0.25, 0.3) is 0 Å². The second-order valence-electron chi connectivity index (χ2n) is 7.78. The molecular weight excluding hydrogens is 417 g/mol. The molecule has 32 heavy (non-hydrogen) atoms. The zero-order valence-electron chi connectivity index (χ0n) is 17.8. The highest BCUT2D eigenvalue weighted by atomic mass is 19.4. The van der Waals surface area contributed by atoms with Gasteiger partial charge in [-0.2, -0.15) is 13.2 Å². The quantitative estimate of drug-likeness (QED) is 0.563. The molecule has 5 nitrogen and oxygen atoms in total. The third kappa shape index (κ3) is 7.02. The van der Waals surface area contributed by atoms with E-state index in [1.54, 1.807) is 54.6 Å². The van der Waals surface area contributed by atoms with Gasteiger partial charge in [0.1, 0.15) is 5.71 Å². The molecule has 1 fully saturated rings. The molecule has 2 aromatic rings. The molecule has 2 N–H and O–H groups in total. The number of alkyl halides is 3. The first-order valence-corrected chi connectivity index (χ1v) is 10.7. The highest BCUT2D eigenvalue weighted by Gasteiger charge is 2.34. The second kappa shape index (κ2) is 11.0. The van der Waals surface area contributed by atoms with Gasteiger partial charge in [-0.1, -0.05) is 36.8 Å². The number of carbonyl (C=O) groups excluding carboxylic acids is 1. The third-order valence-electron chi connectivity index (χ3n) is 5.35. The van der Waals surface area contributed by atoms with Crippen LogP contribution < -0.4 is 5.32 Å². The van der Waals surface area contributed by atoms with E-state index in [4.69, 9.17) is 5.41 Å². The van der Waals surface area contributed by atoms with Gasteiger partial charge in [0, 0.05) is 25.1 Å². The number of benzene rings is 2. The van der Waals surface area contributed by atoms with Gasteiger partial charge in [0.15, 0.2) is 0 Å². The van der Waals surface area contributed by atoms with Gasteiger partial charge >= 0.3 is 6.18 Å². The van der Waals surface area contributed by atoms with Crippen LogP contribution in [0, 0.1) is 5.41 Å². The van der Waals surface area contributed by atoms with Gasteiger partial charge in [-0.05, 0) is 55.8 Å². The minimum absolute atomic E-state index is 0.121. The summed E-state index contributed by atoms with van der Waals surface area (Å²) < 4.78 is 38.9. The van der Waals surface area contributed by atoms with Crippen molar-refractivity contribution in [2.24, 2.45) is 4.99 Å². The van der Waals surface area contributed by atoms with Gasteiger partial charge in [0.2, 0.25) is 0 Å². The molecule has 170 valence electrons. The number of aliphatic imine (C=N–C) groups is 1. The lowest BCUT2D eigenvalue weighted by molar-refractivity contribution is -0.0605. The van der Waals surface area contributed by atoms with Crippen LogP contribution in [0.3, 0.4) is 0 Å². The molecule has 3 rings (SSSR count). The summed E-state index contributed by atoms with van der Waals surface area (Å²) in [5.41, 5.74) is 0.115. The van der Waals surface area contributed by atoms with Gasteiger partial charge in [0.25, 0.3) is 5.91 Å². The van der Waals surface area contributed by atoms with E-state index in [9.17, 15) is 18.0 Å². The third-order valence-corrected chi connectivity index (χ3v) is 5.35. The Morgan fingerprint density at radius 1 is 0.969 bits per heavy atom. The Balaban J connectivity index is 1.68. The van der Waals surface area contributed by atoms with E-state index in [0.29, 0.717) is 23.4 Å². The van der Waals surface area contributed by atoms with Crippen molar-refractivity contribution in [1.82, 2.24) is 10.2 Å². The molecule has 8 heteroatoms. The van der Waals surface area contributed by atoms with Crippen molar-refractivity contribution in [1.29, 1.82) is 5.41 Å². The predicted octanol–water partition coefficient (Wildman–Crippen LogP) is 5.00. The summed E-state index contributed by atoms with van der Waals surface area (Å²) in [6, 6.07) is 14.9. The summed E-state index contributed by atoms with van der Waals surface area (Å²) >= 11 is 0. The van der Waals surface area contributed by atoms with Gasteiger partial charge in [0.05, 0.1) is 11.4 Å². The predicted molar refractivity (Wildman–Crippen MR) is 120 cm³/mol. The fourth-order valence-corrected chi connectivity index (χ4v) is 3.56. The SMILES string of the molecule is N=C(CC(=Nc1ccccc1)c1ccc(C(=O)NCCN2CCCCC2)cc1)C(F)(F)F. The van der Waals surface area contributed by atoms with Crippen LogP contribution >= 0.6 is 0 Å². The maximum Gasteiger partial charge on any atom is 0.429 e. The molecule has 0 aromatic heterocycles. The number of halogens is 3. The molecule has 0 bridgehead atoms. The largest absolute Gasteiger partial charge is 0.429 e. The number of rotatable bonds is 8. The van der Waals surface area contributed by atoms with Gasteiger partial charge in [-0.15, -0.1) is 0 Å². The average Bonchev–Trinajstić information content (AvgIpc) is 2.79. The van der Waals surface area contributed by atoms with Crippen molar-refractivity contribution in [3.63, 3.8) is 0 Å². The van der Waals surface area contributed by atoms with E-state index < -0.39 is 18.3 Å². The number of para-hydroxylation sites is 1. The molecule has 1 saturated heterocycles. The Morgan fingerprint density at radius 3 is 2.22 bits per heavy atom. The number of likely N-dealkylation sites (tertiary alicyclic amines) is 1. The molecule has 0 aliphatic carbocycles. The van der Waals surface area contributed by atoms with Crippen molar-refractivity contribution in [3.8, 4) is 0 Å². The Hall–Kier alpha value is -3.00. The van der Waals surface area contributed by atoms with Gasteiger partial charge in [-0.25, -0.2) is 0 Å². The highest BCUT2D eigenvalue weighted by molar-refractivity contribution is 6.14. The fraction of sp³-hybridized carbons (Fsp3) is 0.375. The van der Waals surface area contributed by atoms with Crippen molar-refractivity contribution in [2.75, 3.05) is 26.2 Å². The number of carbonyl (C=O) groups is 1. The number of hydrogen-bond acceptors (Lipinski definition) is 4. The van der Waals surface area contributed by atoms with Crippen molar-refractivity contribution in [2.45, 2.75) is 31.9 Å². The first kappa shape index (κ1) is 23.7. The minimum Gasteiger partial charge on any atom is -0.351 e. The summed E-state index contributed by atoms with van der Waals surface area (Å²) in [5.74, 6) is -0.224. The Morgan fingerprint density at radius 2 is 1.59 bits per heavy atom. The molecule has 1 amide bonds. The maximum absolute atomic E-state index is 13.0. The average molecular weight is 445 g/mol. The number of amides is 1. The van der Waals surface area contributed by atoms with Crippen LogP contribution in [0.15, 0.2) is 59.6 Å². The number of piperidine rings is 1. The topological polar surface area (TPSA) is 68.5 Å². The van der Waals surface area contributed by atoms with E-state index in [1.807, 2.05) is 0 Å². The molecule has 0 unspecified atom stereocenters. The van der Waals surface area contributed by atoms with Gasteiger partial charge in [-0.3, -0.25) is 9.79 Å². The summed E-state index contributed by atoms with van der Waals surface area (Å²) in [6.07, 6.45) is -1.74. The molecule has 0 spiro atoms. The lowest BCUT2D eigenvalue weighted by Gasteiger charge is -2.26. The Labute approximate surface area is 185 Å². The van der Waals surface area contributed by atoms with Crippen LogP contribution in [0.5, 0.6) is 0 Å². The summed E-state index contributed by atoms with van der Waals surface area (Å²) in [6.45, 7) is 3.46. The first-order chi connectivity index (χ1) is 15.3. The normalized spacial score (nSPS) is 15.4. The fourth-order valence-electron chi connectivity index (χ4n) is 3.56. The van der Waals surface area contributed by atoms with Crippen LogP contribution in [0.1, 0.15) is 41.6 Å². The van der Waals surface area contributed by atoms with Crippen LogP contribution in [-0.2, 0) is 0 Å². The van der Waals surface area contributed by atoms with E-state index in [0.717, 1.165) is 19.6 Å². The molecule has 0 saturated carbocycles. The lowest BCUT2D eigenvalue weighted by atomic mass is 10.0. The number of nitrogens with one attached hydrogen (secondary N) is 2. The maximum atomic E-state index is 13.0. The monoisotopic (exact) mass is 444 g/mol. The highest BCUT2D eigenvalue weighted by Crippen LogP contribution is 2.22. The molecular formula is C24H27F3N4O. The van der Waals surface area contributed by atoms with Crippen LogP contribution in [0.2, 0.25) is 0 Å². The van der Waals surface area contributed by atoms with Crippen molar-refractivity contribution in [3.05, 3.63) is 65.7 Å².